The molecule has 6 heteroatoms. The van der Waals surface area contributed by atoms with E-state index in [9.17, 15) is 4.79 Å². The van der Waals surface area contributed by atoms with Crippen molar-refractivity contribution in [1.82, 2.24) is 4.90 Å². The van der Waals surface area contributed by atoms with Gasteiger partial charge in [-0.3, -0.25) is 0 Å². The lowest BCUT2D eigenvalue weighted by Gasteiger charge is -2.47. The monoisotopic (exact) mass is 449 g/mol. The lowest BCUT2D eigenvalue weighted by atomic mass is 9.79. The Labute approximate surface area is 155 Å². The van der Waals surface area contributed by atoms with Crippen molar-refractivity contribution in [3.05, 3.63) is 19.4 Å². The van der Waals surface area contributed by atoms with Gasteiger partial charge in [0, 0.05) is 30.3 Å². The fourth-order valence-corrected chi connectivity index (χ4v) is 5.62. The summed E-state index contributed by atoms with van der Waals surface area (Å²) in [6, 6.07) is 2.39. The largest absolute Gasteiger partial charge is 0.444 e. The zero-order chi connectivity index (χ0) is 16.8. The molecule has 0 bridgehead atoms. The van der Waals surface area contributed by atoms with E-state index < -0.39 is 5.60 Å². The normalized spacial score (nSPS) is 27.9. The minimum absolute atomic E-state index is 0.113. The molecule has 1 amide bonds. The minimum atomic E-state index is -0.454. The Morgan fingerprint density at radius 3 is 2.91 bits per heavy atom. The molecule has 1 spiro atoms. The summed E-state index contributed by atoms with van der Waals surface area (Å²) in [6.45, 7) is 9.28. The second-order valence-electron chi connectivity index (χ2n) is 7.46. The minimum Gasteiger partial charge on any atom is -0.444 e. The zero-order valence-electron chi connectivity index (χ0n) is 14.1. The maximum atomic E-state index is 12.4. The van der Waals surface area contributed by atoms with Crippen LogP contribution in [0.1, 0.15) is 51.0 Å². The number of fused-ring (bicyclic) bond motifs is 2. The molecule has 2 atom stereocenters. The second kappa shape index (κ2) is 6.19. The van der Waals surface area contributed by atoms with Crippen molar-refractivity contribution >= 4 is 40.0 Å². The Hall–Kier alpha value is -0.340. The third kappa shape index (κ3) is 3.54. The number of halogens is 1. The Balaban J connectivity index is 1.78. The van der Waals surface area contributed by atoms with Crippen LogP contribution < -0.4 is 0 Å². The molecule has 3 heterocycles. The van der Waals surface area contributed by atoms with Crippen molar-refractivity contribution in [3.8, 4) is 0 Å². The predicted octanol–water partition coefficient (Wildman–Crippen LogP) is 4.54. The summed E-state index contributed by atoms with van der Waals surface area (Å²) >= 11 is 4.27. The van der Waals surface area contributed by atoms with Gasteiger partial charge in [-0.15, -0.1) is 11.3 Å². The van der Waals surface area contributed by atoms with Gasteiger partial charge in [0.2, 0.25) is 0 Å². The molecule has 0 radical (unpaired) electrons. The smallest absolute Gasteiger partial charge is 0.410 e. The van der Waals surface area contributed by atoms with Gasteiger partial charge in [-0.2, -0.15) is 0 Å². The van der Waals surface area contributed by atoms with Crippen LogP contribution in [-0.4, -0.2) is 35.8 Å². The van der Waals surface area contributed by atoms with Gasteiger partial charge in [0.15, 0.2) is 0 Å². The number of thiophene rings is 1. The Morgan fingerprint density at radius 2 is 2.26 bits per heavy atom. The Bertz CT molecular complexity index is 609. The number of piperidine rings is 1. The molecule has 1 aromatic heterocycles. The number of nitrogens with zero attached hydrogens (tertiary/aromatic N) is 1. The summed E-state index contributed by atoms with van der Waals surface area (Å²) in [5, 5.41) is 0. The van der Waals surface area contributed by atoms with E-state index in [-0.39, 0.29) is 17.7 Å². The molecule has 3 rings (SSSR count). The van der Waals surface area contributed by atoms with Crippen molar-refractivity contribution in [2.45, 2.75) is 64.2 Å². The lowest BCUT2D eigenvalue weighted by molar-refractivity contribution is -0.110. The van der Waals surface area contributed by atoms with E-state index >= 15 is 0 Å². The van der Waals surface area contributed by atoms with Gasteiger partial charge in [-0.1, -0.05) is 0 Å². The summed E-state index contributed by atoms with van der Waals surface area (Å²) in [6.07, 6.45) is 2.48. The summed E-state index contributed by atoms with van der Waals surface area (Å²) < 4.78 is 13.1. The molecule has 0 saturated carbocycles. The van der Waals surface area contributed by atoms with E-state index in [0.29, 0.717) is 6.54 Å². The highest BCUT2D eigenvalue weighted by molar-refractivity contribution is 14.1. The first-order valence-corrected chi connectivity index (χ1v) is 10.0. The maximum absolute atomic E-state index is 12.4. The third-order valence-corrected chi connectivity index (χ3v) is 6.47. The molecule has 1 fully saturated rings. The molecular weight excluding hydrogens is 425 g/mol. The van der Waals surface area contributed by atoms with Crippen molar-refractivity contribution in [2.24, 2.45) is 0 Å². The summed E-state index contributed by atoms with van der Waals surface area (Å²) in [5.74, 6) is 0. The van der Waals surface area contributed by atoms with Gasteiger partial charge in [-0.25, -0.2) is 4.79 Å². The molecule has 2 aliphatic rings. The van der Waals surface area contributed by atoms with Crippen molar-refractivity contribution in [1.29, 1.82) is 0 Å². The van der Waals surface area contributed by atoms with E-state index in [0.717, 1.165) is 25.9 Å². The van der Waals surface area contributed by atoms with Crippen LogP contribution in [0, 0.1) is 2.88 Å². The fourth-order valence-electron chi connectivity index (χ4n) is 3.56. The molecule has 1 saturated heterocycles. The van der Waals surface area contributed by atoms with Crippen molar-refractivity contribution in [3.63, 3.8) is 0 Å². The van der Waals surface area contributed by atoms with Gasteiger partial charge < -0.3 is 14.4 Å². The first-order chi connectivity index (χ1) is 10.7. The molecule has 0 unspecified atom stereocenters. The first-order valence-electron chi connectivity index (χ1n) is 8.12. The average molecular weight is 449 g/mol. The predicted molar refractivity (Wildman–Crippen MR) is 100 cm³/mol. The van der Waals surface area contributed by atoms with Gasteiger partial charge in [0.1, 0.15) is 5.60 Å². The van der Waals surface area contributed by atoms with Crippen LogP contribution in [0.5, 0.6) is 0 Å². The van der Waals surface area contributed by atoms with Gasteiger partial charge in [-0.05, 0) is 68.3 Å². The van der Waals surface area contributed by atoms with E-state index in [1.807, 2.05) is 37.0 Å². The average Bonchev–Trinajstić information content (AvgIpc) is 2.79. The van der Waals surface area contributed by atoms with Crippen LogP contribution >= 0.6 is 33.9 Å². The topological polar surface area (TPSA) is 38.8 Å². The van der Waals surface area contributed by atoms with Crippen LogP contribution in [-0.2, 0) is 21.5 Å². The molecule has 1 aromatic rings. The van der Waals surface area contributed by atoms with Crippen LogP contribution in [0.4, 0.5) is 4.79 Å². The Kier molecular flexibility index (Phi) is 4.70. The molecule has 23 heavy (non-hydrogen) atoms. The molecular formula is C17H24INO3S. The maximum Gasteiger partial charge on any atom is 0.410 e. The van der Waals surface area contributed by atoms with Crippen LogP contribution in [0.25, 0.3) is 0 Å². The molecule has 4 nitrogen and oxygen atoms in total. The summed E-state index contributed by atoms with van der Waals surface area (Å²) in [5.41, 5.74) is 0.684. The highest BCUT2D eigenvalue weighted by atomic mass is 127. The van der Waals surface area contributed by atoms with E-state index in [4.69, 9.17) is 9.47 Å². The van der Waals surface area contributed by atoms with Crippen LogP contribution in [0.3, 0.4) is 0 Å². The molecule has 128 valence electrons. The number of rotatable bonds is 0. The van der Waals surface area contributed by atoms with Crippen molar-refractivity contribution < 1.29 is 14.3 Å². The molecule has 0 N–H and O–H groups in total. The van der Waals surface area contributed by atoms with Crippen LogP contribution in [0.15, 0.2) is 6.07 Å². The number of amides is 1. The molecule has 2 aliphatic heterocycles. The lowest BCUT2D eigenvalue weighted by Crippen LogP contribution is -2.53. The van der Waals surface area contributed by atoms with E-state index in [2.05, 4.69) is 35.6 Å². The number of hydrogen-bond donors (Lipinski definition) is 0. The highest BCUT2D eigenvalue weighted by Crippen LogP contribution is 2.46. The first kappa shape index (κ1) is 17.5. The van der Waals surface area contributed by atoms with E-state index in [1.165, 1.54) is 13.3 Å². The molecule has 0 aliphatic carbocycles. The highest BCUT2D eigenvalue weighted by Gasteiger charge is 2.46. The number of hydrogen-bond acceptors (Lipinski definition) is 4. The number of carbonyl (C=O) groups is 1. The quantitative estimate of drug-likeness (QED) is 0.546. The summed E-state index contributed by atoms with van der Waals surface area (Å²) in [4.78, 5) is 15.7. The third-order valence-electron chi connectivity index (χ3n) is 4.52. The van der Waals surface area contributed by atoms with Gasteiger partial charge in [0.05, 0.1) is 15.1 Å². The van der Waals surface area contributed by atoms with Crippen LogP contribution in [0.2, 0.25) is 0 Å². The van der Waals surface area contributed by atoms with Gasteiger partial charge >= 0.3 is 6.09 Å². The SMILES string of the molecule is C[C@H]1C[C@@]2(CCN1C(=O)OC(C)(C)C)OCCc1sc(I)cc12. The number of ether oxygens (including phenoxy) is 2. The zero-order valence-corrected chi connectivity index (χ0v) is 17.1. The van der Waals surface area contributed by atoms with Gasteiger partial charge in [0.25, 0.3) is 0 Å². The fraction of sp³-hybridized carbons (Fsp3) is 0.706. The Morgan fingerprint density at radius 1 is 1.52 bits per heavy atom. The standard InChI is InChI=1S/C17H24INO3S/c1-11-10-17(6-7-19(11)15(20)22-16(2,3)4)12-9-14(18)23-13(12)5-8-21-17/h9,11H,5-8,10H2,1-4H3/t11-,17+/m0/s1. The van der Waals surface area contributed by atoms with Crippen molar-refractivity contribution in [2.75, 3.05) is 13.2 Å². The number of carbonyl (C=O) groups excluding carboxylic acids is 1. The number of likely N-dealkylation sites (tertiary alicyclic amines) is 1. The molecule has 0 aromatic carbocycles. The second-order valence-corrected chi connectivity index (χ2v) is 10.5. The van der Waals surface area contributed by atoms with E-state index in [1.54, 1.807) is 0 Å². The summed E-state index contributed by atoms with van der Waals surface area (Å²) in [7, 11) is 0.